The zero-order valence-corrected chi connectivity index (χ0v) is 14.1. The average Bonchev–Trinajstić information content (AvgIpc) is 3.27. The molecular weight excluding hydrogens is 334 g/mol. The lowest BCUT2D eigenvalue weighted by atomic mass is 10.4. The SMILES string of the molecule is CCCn1c(SCC(=O)Nc2nccs2)nnc1-c1ccco1. The molecule has 3 aromatic rings. The quantitative estimate of drug-likeness (QED) is 0.660. The molecule has 7 nitrogen and oxygen atoms in total. The highest BCUT2D eigenvalue weighted by molar-refractivity contribution is 7.99. The van der Waals surface area contributed by atoms with Crippen LogP contribution in [0.4, 0.5) is 5.13 Å². The van der Waals surface area contributed by atoms with Crippen LogP contribution in [-0.2, 0) is 11.3 Å². The van der Waals surface area contributed by atoms with Gasteiger partial charge in [-0.15, -0.1) is 21.5 Å². The third kappa shape index (κ3) is 3.80. The topological polar surface area (TPSA) is 85.8 Å². The number of hydrogen-bond donors (Lipinski definition) is 1. The van der Waals surface area contributed by atoms with E-state index >= 15 is 0 Å². The highest BCUT2D eigenvalue weighted by Crippen LogP contribution is 2.24. The van der Waals surface area contributed by atoms with E-state index in [1.807, 2.05) is 22.1 Å². The Morgan fingerprint density at radius 1 is 1.48 bits per heavy atom. The van der Waals surface area contributed by atoms with Crippen molar-refractivity contribution in [2.75, 3.05) is 11.1 Å². The van der Waals surface area contributed by atoms with Crippen molar-refractivity contribution in [1.82, 2.24) is 19.7 Å². The van der Waals surface area contributed by atoms with E-state index in [1.165, 1.54) is 23.1 Å². The molecule has 0 bridgehead atoms. The third-order valence-corrected chi connectivity index (χ3v) is 4.57. The number of nitrogens with one attached hydrogen (secondary N) is 1. The maximum absolute atomic E-state index is 11.9. The number of rotatable bonds is 7. The number of carbonyl (C=O) groups is 1. The molecule has 0 radical (unpaired) electrons. The summed E-state index contributed by atoms with van der Waals surface area (Å²) < 4.78 is 7.37. The van der Waals surface area contributed by atoms with Gasteiger partial charge in [0, 0.05) is 18.1 Å². The molecular formula is C14H15N5O2S2. The van der Waals surface area contributed by atoms with Gasteiger partial charge >= 0.3 is 0 Å². The van der Waals surface area contributed by atoms with Gasteiger partial charge in [0.15, 0.2) is 21.9 Å². The van der Waals surface area contributed by atoms with E-state index in [4.69, 9.17) is 4.42 Å². The smallest absolute Gasteiger partial charge is 0.236 e. The van der Waals surface area contributed by atoms with Crippen molar-refractivity contribution in [3.05, 3.63) is 30.0 Å². The van der Waals surface area contributed by atoms with E-state index < -0.39 is 0 Å². The summed E-state index contributed by atoms with van der Waals surface area (Å²) in [5.41, 5.74) is 0. The highest BCUT2D eigenvalue weighted by atomic mass is 32.2. The van der Waals surface area contributed by atoms with Crippen LogP contribution in [0.5, 0.6) is 0 Å². The van der Waals surface area contributed by atoms with Crippen LogP contribution >= 0.6 is 23.1 Å². The van der Waals surface area contributed by atoms with Crippen molar-refractivity contribution >= 4 is 34.1 Å². The van der Waals surface area contributed by atoms with Crippen molar-refractivity contribution in [2.45, 2.75) is 25.0 Å². The number of anilines is 1. The van der Waals surface area contributed by atoms with Crippen LogP contribution in [-0.4, -0.2) is 31.4 Å². The number of thioether (sulfide) groups is 1. The summed E-state index contributed by atoms with van der Waals surface area (Å²) in [5.74, 6) is 1.49. The number of hydrogen-bond acceptors (Lipinski definition) is 7. The van der Waals surface area contributed by atoms with Crippen molar-refractivity contribution in [2.24, 2.45) is 0 Å². The monoisotopic (exact) mass is 349 g/mol. The van der Waals surface area contributed by atoms with Crippen LogP contribution in [0, 0.1) is 0 Å². The Hall–Kier alpha value is -2.13. The molecule has 0 aromatic carbocycles. The summed E-state index contributed by atoms with van der Waals surface area (Å²) in [6.07, 6.45) is 4.19. The summed E-state index contributed by atoms with van der Waals surface area (Å²) in [6.45, 7) is 2.84. The average molecular weight is 349 g/mol. The van der Waals surface area contributed by atoms with Gasteiger partial charge in [0.25, 0.3) is 0 Å². The summed E-state index contributed by atoms with van der Waals surface area (Å²) in [6, 6.07) is 3.66. The Balaban J connectivity index is 1.69. The maximum Gasteiger partial charge on any atom is 0.236 e. The minimum absolute atomic E-state index is 0.115. The number of aromatic nitrogens is 4. The van der Waals surface area contributed by atoms with Gasteiger partial charge in [-0.25, -0.2) is 4.98 Å². The van der Waals surface area contributed by atoms with Crippen LogP contribution in [0.3, 0.4) is 0 Å². The molecule has 0 spiro atoms. The van der Waals surface area contributed by atoms with E-state index in [0.717, 1.165) is 13.0 Å². The molecule has 0 saturated heterocycles. The number of carbonyl (C=O) groups excluding carboxylic acids is 1. The van der Waals surface area contributed by atoms with Crippen LogP contribution in [0.15, 0.2) is 39.5 Å². The predicted octanol–water partition coefficient (Wildman–Crippen LogP) is 3.14. The fraction of sp³-hybridized carbons (Fsp3) is 0.286. The first-order chi connectivity index (χ1) is 11.3. The molecule has 9 heteroatoms. The lowest BCUT2D eigenvalue weighted by molar-refractivity contribution is -0.113. The third-order valence-electron chi connectivity index (χ3n) is 2.92. The van der Waals surface area contributed by atoms with Gasteiger partial charge in [0.2, 0.25) is 5.91 Å². The molecule has 3 rings (SSSR count). The molecule has 120 valence electrons. The number of amides is 1. The Morgan fingerprint density at radius 3 is 3.09 bits per heavy atom. The van der Waals surface area contributed by atoms with Crippen LogP contribution < -0.4 is 5.32 Å². The van der Waals surface area contributed by atoms with Gasteiger partial charge in [-0.2, -0.15) is 0 Å². The Kier molecular flexibility index (Phi) is 5.09. The second-order valence-electron chi connectivity index (χ2n) is 4.61. The molecule has 0 aliphatic carbocycles. The molecule has 3 heterocycles. The maximum atomic E-state index is 11.9. The van der Waals surface area contributed by atoms with E-state index in [1.54, 1.807) is 12.5 Å². The van der Waals surface area contributed by atoms with Crippen molar-refractivity contribution in [1.29, 1.82) is 0 Å². The largest absolute Gasteiger partial charge is 0.461 e. The normalized spacial score (nSPS) is 10.8. The molecule has 3 aromatic heterocycles. The van der Waals surface area contributed by atoms with Gasteiger partial charge < -0.3 is 9.73 Å². The lowest BCUT2D eigenvalue weighted by Crippen LogP contribution is -2.14. The van der Waals surface area contributed by atoms with Gasteiger partial charge in [-0.3, -0.25) is 9.36 Å². The molecule has 0 unspecified atom stereocenters. The van der Waals surface area contributed by atoms with Gasteiger partial charge in [-0.1, -0.05) is 18.7 Å². The summed E-state index contributed by atoms with van der Waals surface area (Å²) in [4.78, 5) is 16.0. The first-order valence-electron chi connectivity index (χ1n) is 7.07. The summed E-state index contributed by atoms with van der Waals surface area (Å²) in [5, 5.41) is 14.2. The van der Waals surface area contributed by atoms with E-state index in [9.17, 15) is 4.79 Å². The number of furan rings is 1. The van der Waals surface area contributed by atoms with Gasteiger partial charge in [0.1, 0.15) is 0 Å². The lowest BCUT2D eigenvalue weighted by Gasteiger charge is -2.07. The predicted molar refractivity (Wildman–Crippen MR) is 89.5 cm³/mol. The minimum atomic E-state index is -0.115. The Morgan fingerprint density at radius 2 is 2.39 bits per heavy atom. The zero-order chi connectivity index (χ0) is 16.1. The fourth-order valence-corrected chi connectivity index (χ4v) is 3.29. The fourth-order valence-electron chi connectivity index (χ4n) is 1.98. The van der Waals surface area contributed by atoms with Crippen LogP contribution in [0.2, 0.25) is 0 Å². The molecule has 0 saturated carbocycles. The van der Waals surface area contributed by atoms with Crippen molar-refractivity contribution in [3.8, 4) is 11.6 Å². The number of nitrogens with zero attached hydrogens (tertiary/aromatic N) is 4. The van der Waals surface area contributed by atoms with Crippen LogP contribution in [0.25, 0.3) is 11.6 Å². The van der Waals surface area contributed by atoms with Gasteiger partial charge in [0.05, 0.1) is 12.0 Å². The zero-order valence-electron chi connectivity index (χ0n) is 12.4. The Labute approximate surface area is 141 Å². The molecule has 0 aliphatic rings. The van der Waals surface area contributed by atoms with E-state index in [-0.39, 0.29) is 11.7 Å². The standard InChI is InChI=1S/C14H15N5O2S2/c1-2-6-19-12(10-4-3-7-21-10)17-18-14(19)23-9-11(20)16-13-15-5-8-22-13/h3-5,7-8H,2,6,9H2,1H3,(H,15,16,20). The molecule has 23 heavy (non-hydrogen) atoms. The molecule has 1 N–H and O–H groups in total. The first-order valence-corrected chi connectivity index (χ1v) is 8.93. The second kappa shape index (κ2) is 7.42. The van der Waals surface area contributed by atoms with Gasteiger partial charge in [-0.05, 0) is 18.6 Å². The van der Waals surface area contributed by atoms with Crippen molar-refractivity contribution in [3.63, 3.8) is 0 Å². The minimum Gasteiger partial charge on any atom is -0.461 e. The molecule has 1 amide bonds. The highest BCUT2D eigenvalue weighted by Gasteiger charge is 2.17. The molecule has 0 fully saturated rings. The first kappa shape index (κ1) is 15.8. The number of thiazole rings is 1. The van der Waals surface area contributed by atoms with E-state index in [2.05, 4.69) is 27.4 Å². The summed E-state index contributed by atoms with van der Waals surface area (Å²) >= 11 is 2.74. The Bertz CT molecular complexity index is 752. The van der Waals surface area contributed by atoms with Crippen molar-refractivity contribution < 1.29 is 9.21 Å². The van der Waals surface area contributed by atoms with E-state index in [0.29, 0.717) is 21.9 Å². The molecule has 0 atom stereocenters. The second-order valence-corrected chi connectivity index (χ2v) is 6.45. The summed E-state index contributed by atoms with van der Waals surface area (Å²) in [7, 11) is 0. The molecule has 0 aliphatic heterocycles. The van der Waals surface area contributed by atoms with Crippen LogP contribution in [0.1, 0.15) is 13.3 Å².